The lowest BCUT2D eigenvalue weighted by Gasteiger charge is -3.16. The molecule has 8 rings (SSSR count). The van der Waals surface area contributed by atoms with Crippen LogP contribution in [0, 0.1) is 63.6 Å². The van der Waals surface area contributed by atoms with Crippen LogP contribution in [0.15, 0.2) is 0 Å². The fraction of sp³-hybridized carbons (Fsp3) is 1.00. The number of rotatable bonds is 0. The topological polar surface area (TPSA) is 0 Å². The van der Waals surface area contributed by atoms with Gasteiger partial charge in [0, 0.05) is 0 Å². The van der Waals surface area contributed by atoms with Crippen LogP contribution in [0.4, 0.5) is 0 Å². The molecule has 16 heavy (non-hydrogen) atoms. The number of fused-ring (bicyclic) bond motifs is 3. The Labute approximate surface area is 96.2 Å². The van der Waals surface area contributed by atoms with E-state index < -0.39 is 0 Å². The predicted octanol–water partition coefficient (Wildman–Crippen LogP) is 2.93. The molecule has 0 aromatic heterocycles. The van der Waals surface area contributed by atoms with Gasteiger partial charge in [0.15, 0.2) is 0 Å². The first kappa shape index (κ1) is 6.81. The molecule has 0 heterocycles. The zero-order valence-corrected chi connectivity index (χ0v) is 9.65. The van der Waals surface area contributed by atoms with Crippen molar-refractivity contribution in [3.63, 3.8) is 0 Å². The molecule has 8 aliphatic rings. The summed E-state index contributed by atoms with van der Waals surface area (Å²) < 4.78 is 0. The molecule has 8 fully saturated rings. The van der Waals surface area contributed by atoms with Crippen molar-refractivity contribution in [3.05, 3.63) is 0 Å². The van der Waals surface area contributed by atoms with Gasteiger partial charge in [-0.1, -0.05) is 0 Å². The predicted molar refractivity (Wildman–Crippen MR) is 58.3 cm³/mol. The van der Waals surface area contributed by atoms with Crippen molar-refractivity contribution in [1.29, 1.82) is 0 Å². The summed E-state index contributed by atoms with van der Waals surface area (Å²) >= 11 is 0. The van der Waals surface area contributed by atoms with E-state index in [0.717, 1.165) is 16.2 Å². The van der Waals surface area contributed by atoms with Crippen LogP contribution in [0.25, 0.3) is 0 Å². The fourth-order valence-electron chi connectivity index (χ4n) is 11.3. The molecule has 82 valence electrons. The van der Waals surface area contributed by atoms with E-state index in [2.05, 4.69) is 0 Å². The fourth-order valence-corrected chi connectivity index (χ4v) is 11.3. The van der Waals surface area contributed by atoms with Crippen LogP contribution < -0.4 is 0 Å². The van der Waals surface area contributed by atoms with Gasteiger partial charge in [0.05, 0.1) is 0 Å². The van der Waals surface area contributed by atoms with E-state index in [4.69, 9.17) is 0 Å². The molecule has 11 atom stereocenters. The molecule has 0 heteroatoms. The van der Waals surface area contributed by atoms with Crippen molar-refractivity contribution < 1.29 is 0 Å². The first-order valence-electron chi connectivity index (χ1n) is 7.91. The van der Waals surface area contributed by atoms with E-state index in [1.807, 2.05) is 0 Å². The molecular formula is C16H18. The van der Waals surface area contributed by atoms with Crippen molar-refractivity contribution in [1.82, 2.24) is 0 Å². The third kappa shape index (κ3) is 0.241. The highest BCUT2D eigenvalue weighted by atomic mass is 15.2. The van der Waals surface area contributed by atoms with Gasteiger partial charge in [-0.3, -0.25) is 0 Å². The maximum atomic E-state index is 1.70. The summed E-state index contributed by atoms with van der Waals surface area (Å²) in [5.41, 5.74) is 3.19. The van der Waals surface area contributed by atoms with Crippen LogP contribution in [0.5, 0.6) is 0 Å². The Morgan fingerprint density at radius 3 is 2.44 bits per heavy atom. The second-order valence-corrected chi connectivity index (χ2v) is 8.89. The minimum absolute atomic E-state index is 1.05. The van der Waals surface area contributed by atoms with Crippen molar-refractivity contribution in [3.8, 4) is 0 Å². The lowest BCUT2D eigenvalue weighted by atomic mass is 8.88. The van der Waals surface area contributed by atoms with Crippen LogP contribution in [0.2, 0.25) is 0 Å². The van der Waals surface area contributed by atoms with E-state index in [1.54, 1.807) is 32.1 Å². The molecule has 0 aromatic carbocycles. The molecule has 8 aliphatic carbocycles. The van der Waals surface area contributed by atoms with Crippen LogP contribution in [-0.4, -0.2) is 0 Å². The highest BCUT2D eigenvalue weighted by Gasteiger charge is 3.12. The van der Waals surface area contributed by atoms with E-state index in [9.17, 15) is 0 Å². The molecule has 0 nitrogen and oxygen atoms in total. The van der Waals surface area contributed by atoms with Gasteiger partial charge in [-0.15, -0.1) is 0 Å². The zero-order chi connectivity index (χ0) is 9.65. The van der Waals surface area contributed by atoms with Gasteiger partial charge in [-0.25, -0.2) is 0 Å². The van der Waals surface area contributed by atoms with Crippen LogP contribution in [0.1, 0.15) is 32.1 Å². The summed E-state index contributed by atoms with van der Waals surface area (Å²) in [5.74, 6) is 10.3. The molecule has 8 saturated carbocycles. The Morgan fingerprint density at radius 2 is 1.50 bits per heavy atom. The molecule has 3 spiro atoms. The van der Waals surface area contributed by atoms with E-state index in [0.29, 0.717) is 0 Å². The summed E-state index contributed by atoms with van der Waals surface area (Å²) in [7, 11) is 0. The van der Waals surface area contributed by atoms with Gasteiger partial charge >= 0.3 is 0 Å². The van der Waals surface area contributed by atoms with Crippen molar-refractivity contribution in [2.75, 3.05) is 0 Å². The summed E-state index contributed by atoms with van der Waals surface area (Å²) in [4.78, 5) is 0. The molecule has 0 N–H and O–H groups in total. The Hall–Kier alpha value is 0. The molecule has 0 radical (unpaired) electrons. The minimum atomic E-state index is 1.05. The van der Waals surface area contributed by atoms with Crippen LogP contribution >= 0.6 is 0 Å². The minimum Gasteiger partial charge on any atom is -0.0496 e. The van der Waals surface area contributed by atoms with Gasteiger partial charge in [0.1, 0.15) is 0 Å². The lowest BCUT2D eigenvalue weighted by molar-refractivity contribution is -0.694. The van der Waals surface area contributed by atoms with Crippen molar-refractivity contribution in [2.45, 2.75) is 32.1 Å². The Morgan fingerprint density at radius 1 is 0.688 bits per heavy atom. The normalized spacial score (nSPS) is 97.5. The van der Waals surface area contributed by atoms with Crippen LogP contribution in [-0.2, 0) is 0 Å². The molecule has 0 aliphatic heterocycles. The smallest absolute Gasteiger partial charge is 0.0105 e. The third-order valence-electron chi connectivity index (χ3n) is 10.5. The summed E-state index contributed by atoms with van der Waals surface area (Å²) in [5, 5.41) is 0. The largest absolute Gasteiger partial charge is 0.0496 e. The third-order valence-corrected chi connectivity index (χ3v) is 10.5. The van der Waals surface area contributed by atoms with Gasteiger partial charge in [0.25, 0.3) is 0 Å². The Bertz CT molecular complexity index is 488. The quantitative estimate of drug-likeness (QED) is 0.576. The van der Waals surface area contributed by atoms with E-state index in [-0.39, 0.29) is 0 Å². The Balaban J connectivity index is 1.51. The van der Waals surface area contributed by atoms with Gasteiger partial charge in [0.2, 0.25) is 0 Å². The zero-order valence-electron chi connectivity index (χ0n) is 9.65. The molecule has 0 bridgehead atoms. The molecule has 11 unspecified atom stereocenters. The molecular weight excluding hydrogens is 192 g/mol. The summed E-state index contributed by atoms with van der Waals surface area (Å²) in [6.07, 6.45) is 8.42. The Kier molecular flexibility index (Phi) is 0.566. The molecule has 0 amide bonds. The highest BCUT2D eigenvalue weighted by molar-refractivity contribution is 5.58. The lowest BCUT2D eigenvalue weighted by Crippen LogP contribution is -3.12. The maximum absolute atomic E-state index is 1.70. The van der Waals surface area contributed by atoms with Gasteiger partial charge in [-0.05, 0) is 95.7 Å². The average molecular weight is 210 g/mol. The first-order valence-corrected chi connectivity index (χ1v) is 7.91. The standard InChI is InChI=1S/C16H18/c1-2-7-8-4-10-12-5-11-9-3-6(1)14(9)13(7)15(8,10)16(11,12)14/h6-13H,1-5H2. The van der Waals surface area contributed by atoms with Crippen LogP contribution in [0.3, 0.4) is 0 Å². The monoisotopic (exact) mass is 210 g/mol. The highest BCUT2D eigenvalue weighted by Crippen LogP contribution is 3.16. The van der Waals surface area contributed by atoms with E-state index >= 15 is 0 Å². The van der Waals surface area contributed by atoms with Crippen molar-refractivity contribution in [2.24, 2.45) is 63.6 Å². The van der Waals surface area contributed by atoms with E-state index in [1.165, 1.54) is 47.3 Å². The second-order valence-electron chi connectivity index (χ2n) is 8.89. The molecule has 0 aromatic rings. The first-order chi connectivity index (χ1) is 7.91. The summed E-state index contributed by atoms with van der Waals surface area (Å²) in [6.45, 7) is 0. The summed E-state index contributed by atoms with van der Waals surface area (Å²) in [6, 6.07) is 0. The number of hydrogen-bond donors (Lipinski definition) is 0. The SMILES string of the molecule is C1CC2CC3C4CC5C6CC7C1C1C23C45C761. The molecule has 0 saturated heterocycles. The van der Waals surface area contributed by atoms with Crippen molar-refractivity contribution >= 4 is 0 Å². The second kappa shape index (κ2) is 1.33. The van der Waals surface area contributed by atoms with Gasteiger partial charge in [-0.2, -0.15) is 0 Å². The number of hydrogen-bond acceptors (Lipinski definition) is 0. The average Bonchev–Trinajstić information content (AvgIpc) is 2.14. The maximum Gasteiger partial charge on any atom is -0.0105 e. The van der Waals surface area contributed by atoms with Gasteiger partial charge < -0.3 is 0 Å².